The number of nitrogen functional groups attached to an aromatic ring is 1. The topological polar surface area (TPSA) is 77.5 Å². The summed E-state index contributed by atoms with van der Waals surface area (Å²) in [4.78, 5) is 10.9. The van der Waals surface area contributed by atoms with E-state index in [0.717, 1.165) is 22.6 Å². The van der Waals surface area contributed by atoms with Gasteiger partial charge < -0.3 is 20.1 Å². The monoisotopic (exact) mass is 308 g/mol. The molecule has 3 rings (SSSR count). The number of benzene rings is 2. The van der Waals surface area contributed by atoms with Crippen molar-refractivity contribution in [3.63, 3.8) is 0 Å². The standard InChI is InChI=1S/C18H16N2O3/c1-23-15-8-4-12(5-9-15)16-10-20(11-17(16)19)14-6-2-13(3-7-14)18(21)22/h2-11H,19H2,1H3,(H,21,22). The van der Waals surface area contributed by atoms with Crippen LogP contribution in [0.1, 0.15) is 10.4 Å². The molecule has 0 radical (unpaired) electrons. The number of anilines is 1. The lowest BCUT2D eigenvalue weighted by molar-refractivity contribution is 0.0697. The molecule has 2 aromatic carbocycles. The van der Waals surface area contributed by atoms with Crippen molar-refractivity contribution in [1.29, 1.82) is 0 Å². The van der Waals surface area contributed by atoms with Gasteiger partial charge in [0.1, 0.15) is 5.75 Å². The lowest BCUT2D eigenvalue weighted by Gasteiger charge is -2.04. The average molecular weight is 308 g/mol. The van der Waals surface area contributed by atoms with E-state index in [-0.39, 0.29) is 5.56 Å². The Morgan fingerprint density at radius 3 is 2.26 bits per heavy atom. The molecule has 5 heteroatoms. The van der Waals surface area contributed by atoms with E-state index in [0.29, 0.717) is 5.69 Å². The van der Waals surface area contributed by atoms with Crippen molar-refractivity contribution in [3.05, 3.63) is 66.5 Å². The number of aromatic carboxylic acids is 1. The zero-order chi connectivity index (χ0) is 16.4. The summed E-state index contributed by atoms with van der Waals surface area (Å²) in [5.41, 5.74) is 9.77. The summed E-state index contributed by atoms with van der Waals surface area (Å²) in [5, 5.41) is 8.95. The van der Waals surface area contributed by atoms with Crippen molar-refractivity contribution in [1.82, 2.24) is 4.57 Å². The maximum Gasteiger partial charge on any atom is 0.335 e. The first-order chi connectivity index (χ1) is 11.1. The first-order valence-electron chi connectivity index (χ1n) is 7.04. The van der Waals surface area contributed by atoms with E-state index >= 15 is 0 Å². The predicted octanol–water partition coefficient (Wildman–Crippen LogP) is 3.43. The molecule has 1 heterocycles. The largest absolute Gasteiger partial charge is 0.497 e. The molecule has 0 atom stereocenters. The number of carboxylic acid groups (broad SMARTS) is 1. The molecule has 116 valence electrons. The van der Waals surface area contributed by atoms with Crippen LogP contribution in [0.2, 0.25) is 0 Å². The maximum absolute atomic E-state index is 10.9. The number of carboxylic acids is 1. The summed E-state index contributed by atoms with van der Waals surface area (Å²) in [5.74, 6) is -0.154. The molecule has 0 spiro atoms. The van der Waals surface area contributed by atoms with Gasteiger partial charge in [-0.3, -0.25) is 0 Å². The molecule has 0 amide bonds. The summed E-state index contributed by atoms with van der Waals surface area (Å²) in [6.07, 6.45) is 3.74. The van der Waals surface area contributed by atoms with E-state index in [9.17, 15) is 4.79 Å². The van der Waals surface area contributed by atoms with Gasteiger partial charge in [0.15, 0.2) is 0 Å². The van der Waals surface area contributed by atoms with Crippen LogP contribution in [0.5, 0.6) is 5.75 Å². The van der Waals surface area contributed by atoms with Crippen molar-refractivity contribution in [2.75, 3.05) is 12.8 Å². The summed E-state index contributed by atoms with van der Waals surface area (Å²) in [6, 6.07) is 14.3. The number of rotatable bonds is 4. The van der Waals surface area contributed by atoms with Crippen LogP contribution in [-0.4, -0.2) is 22.8 Å². The van der Waals surface area contributed by atoms with Crippen molar-refractivity contribution < 1.29 is 14.6 Å². The third kappa shape index (κ3) is 2.89. The van der Waals surface area contributed by atoms with Crippen LogP contribution >= 0.6 is 0 Å². The van der Waals surface area contributed by atoms with Crippen LogP contribution in [0.25, 0.3) is 16.8 Å². The minimum Gasteiger partial charge on any atom is -0.497 e. The lowest BCUT2D eigenvalue weighted by atomic mass is 10.1. The number of nitrogens with zero attached hydrogens (tertiary/aromatic N) is 1. The van der Waals surface area contributed by atoms with E-state index in [1.165, 1.54) is 0 Å². The molecular weight excluding hydrogens is 292 g/mol. The Morgan fingerprint density at radius 2 is 1.70 bits per heavy atom. The number of hydrogen-bond acceptors (Lipinski definition) is 3. The highest BCUT2D eigenvalue weighted by molar-refractivity contribution is 5.87. The van der Waals surface area contributed by atoms with Gasteiger partial charge in [0.05, 0.1) is 18.4 Å². The highest BCUT2D eigenvalue weighted by Gasteiger charge is 2.09. The van der Waals surface area contributed by atoms with Crippen LogP contribution < -0.4 is 10.5 Å². The molecule has 3 N–H and O–H groups in total. The Bertz CT molecular complexity index is 834. The molecule has 0 fully saturated rings. The van der Waals surface area contributed by atoms with E-state index in [1.54, 1.807) is 31.4 Å². The fraction of sp³-hybridized carbons (Fsp3) is 0.0556. The first-order valence-corrected chi connectivity index (χ1v) is 7.04. The molecule has 0 unspecified atom stereocenters. The molecular formula is C18H16N2O3. The average Bonchev–Trinajstić information content (AvgIpc) is 2.97. The molecule has 0 aliphatic heterocycles. The Kier molecular flexibility index (Phi) is 3.76. The number of ether oxygens (including phenoxy) is 1. The van der Waals surface area contributed by atoms with Gasteiger partial charge in [-0.15, -0.1) is 0 Å². The molecule has 1 aromatic heterocycles. The first kappa shape index (κ1) is 14.7. The number of carbonyl (C=O) groups is 1. The molecule has 0 aliphatic rings. The quantitative estimate of drug-likeness (QED) is 0.774. The molecule has 3 aromatic rings. The Balaban J connectivity index is 1.95. The Morgan fingerprint density at radius 1 is 1.04 bits per heavy atom. The second-order valence-electron chi connectivity index (χ2n) is 5.12. The minimum atomic E-state index is -0.942. The van der Waals surface area contributed by atoms with Gasteiger partial charge in [-0.05, 0) is 42.0 Å². The van der Waals surface area contributed by atoms with Crippen molar-refractivity contribution in [2.24, 2.45) is 0 Å². The van der Waals surface area contributed by atoms with E-state index in [1.807, 2.05) is 41.2 Å². The predicted molar refractivity (Wildman–Crippen MR) is 89.1 cm³/mol. The smallest absolute Gasteiger partial charge is 0.335 e. The molecule has 0 bridgehead atoms. The van der Waals surface area contributed by atoms with Gasteiger partial charge in [0.2, 0.25) is 0 Å². The highest BCUT2D eigenvalue weighted by atomic mass is 16.5. The summed E-state index contributed by atoms with van der Waals surface area (Å²) < 4.78 is 7.03. The second kappa shape index (κ2) is 5.88. The van der Waals surface area contributed by atoms with E-state index < -0.39 is 5.97 Å². The van der Waals surface area contributed by atoms with Gasteiger partial charge in [-0.1, -0.05) is 12.1 Å². The van der Waals surface area contributed by atoms with Crippen LogP contribution in [-0.2, 0) is 0 Å². The number of aromatic nitrogens is 1. The molecule has 23 heavy (non-hydrogen) atoms. The molecule has 0 saturated heterocycles. The lowest BCUT2D eigenvalue weighted by Crippen LogP contribution is -1.97. The second-order valence-corrected chi connectivity index (χ2v) is 5.12. The Hall–Kier alpha value is -3.21. The molecule has 0 aliphatic carbocycles. The van der Waals surface area contributed by atoms with Crippen molar-refractivity contribution in [2.45, 2.75) is 0 Å². The normalized spacial score (nSPS) is 10.5. The number of hydrogen-bond donors (Lipinski definition) is 2. The number of methoxy groups -OCH3 is 1. The van der Waals surface area contributed by atoms with Crippen LogP contribution in [0.3, 0.4) is 0 Å². The molecule has 5 nitrogen and oxygen atoms in total. The Labute approximate surface area is 133 Å². The zero-order valence-electron chi connectivity index (χ0n) is 12.6. The van der Waals surface area contributed by atoms with Crippen LogP contribution in [0, 0.1) is 0 Å². The summed E-state index contributed by atoms with van der Waals surface area (Å²) >= 11 is 0. The van der Waals surface area contributed by atoms with Crippen LogP contribution in [0.4, 0.5) is 5.69 Å². The highest BCUT2D eigenvalue weighted by Crippen LogP contribution is 2.29. The van der Waals surface area contributed by atoms with E-state index in [2.05, 4.69) is 0 Å². The van der Waals surface area contributed by atoms with Crippen LogP contribution in [0.15, 0.2) is 60.9 Å². The third-order valence-electron chi connectivity index (χ3n) is 3.67. The van der Waals surface area contributed by atoms with Gasteiger partial charge >= 0.3 is 5.97 Å². The zero-order valence-corrected chi connectivity index (χ0v) is 12.6. The fourth-order valence-electron chi connectivity index (χ4n) is 2.41. The van der Waals surface area contributed by atoms with Gasteiger partial charge in [0, 0.05) is 23.6 Å². The third-order valence-corrected chi connectivity index (χ3v) is 3.67. The fourth-order valence-corrected chi connectivity index (χ4v) is 2.41. The summed E-state index contributed by atoms with van der Waals surface area (Å²) in [6.45, 7) is 0. The van der Waals surface area contributed by atoms with Gasteiger partial charge in [-0.2, -0.15) is 0 Å². The molecule has 0 saturated carbocycles. The van der Waals surface area contributed by atoms with Gasteiger partial charge in [0.25, 0.3) is 0 Å². The van der Waals surface area contributed by atoms with Crippen molar-refractivity contribution in [3.8, 4) is 22.6 Å². The number of nitrogens with two attached hydrogens (primary N) is 1. The summed E-state index contributed by atoms with van der Waals surface area (Å²) in [7, 11) is 1.63. The SMILES string of the molecule is COc1ccc(-c2cn(-c3ccc(C(=O)O)cc3)cc2N)cc1. The minimum absolute atomic E-state index is 0.254. The maximum atomic E-state index is 10.9. The van der Waals surface area contributed by atoms with E-state index in [4.69, 9.17) is 15.6 Å². The van der Waals surface area contributed by atoms with Crippen molar-refractivity contribution >= 4 is 11.7 Å². The van der Waals surface area contributed by atoms with Gasteiger partial charge in [-0.25, -0.2) is 4.79 Å².